The topological polar surface area (TPSA) is 102 Å². The van der Waals surface area contributed by atoms with Crippen LogP contribution in [0.3, 0.4) is 0 Å². The Kier molecular flexibility index (Phi) is 8.76. The summed E-state index contributed by atoms with van der Waals surface area (Å²) in [7, 11) is 1.74. The van der Waals surface area contributed by atoms with Crippen molar-refractivity contribution in [3.8, 4) is 11.1 Å². The van der Waals surface area contributed by atoms with E-state index in [4.69, 9.17) is 9.15 Å². The first-order valence-electron chi connectivity index (χ1n) is 14.0. The Morgan fingerprint density at radius 1 is 1.02 bits per heavy atom. The number of aromatic nitrogens is 5. The van der Waals surface area contributed by atoms with Crippen LogP contribution >= 0.6 is 0 Å². The van der Waals surface area contributed by atoms with E-state index in [0.29, 0.717) is 30.5 Å². The number of esters is 1. The maximum atomic E-state index is 13.7. The van der Waals surface area contributed by atoms with E-state index < -0.39 is 35.5 Å². The number of carbonyl (C=O) groups is 1. The van der Waals surface area contributed by atoms with Crippen molar-refractivity contribution >= 4 is 17.9 Å². The minimum atomic E-state index is -5.00. The Hall–Kier alpha value is -4.63. The first-order chi connectivity index (χ1) is 21.3. The molecule has 0 saturated carbocycles. The van der Waals surface area contributed by atoms with Crippen LogP contribution in [0.25, 0.3) is 11.1 Å². The number of hydrogen-bond donors (Lipinski definition) is 0. The van der Waals surface area contributed by atoms with Gasteiger partial charge in [-0.2, -0.15) is 36.4 Å². The molecule has 4 heterocycles. The Morgan fingerprint density at radius 2 is 1.69 bits per heavy atom. The van der Waals surface area contributed by atoms with Gasteiger partial charge < -0.3 is 19.0 Å². The lowest BCUT2D eigenvalue weighted by atomic mass is 10.0. The summed E-state index contributed by atoms with van der Waals surface area (Å²) in [5.41, 5.74) is -1.72. The molecule has 1 aliphatic heterocycles. The maximum Gasteiger partial charge on any atom is 0.416 e. The van der Waals surface area contributed by atoms with E-state index >= 15 is 0 Å². The van der Waals surface area contributed by atoms with E-state index in [1.807, 2.05) is 6.92 Å². The summed E-state index contributed by atoms with van der Waals surface area (Å²) >= 11 is 0. The number of hydrogen-bond acceptors (Lipinski definition) is 9. The Labute approximate surface area is 253 Å². The number of oxazole rings is 1. The van der Waals surface area contributed by atoms with Crippen LogP contribution in [0, 0.1) is 0 Å². The Bertz CT molecular complexity index is 1600. The average Bonchev–Trinajstić information content (AvgIpc) is 3.75. The second kappa shape index (κ2) is 12.4. The fraction of sp³-hybridized carbons (Fsp3) is 0.414. The molecule has 0 spiro atoms. The summed E-state index contributed by atoms with van der Waals surface area (Å²) < 4.78 is 94.2. The van der Waals surface area contributed by atoms with Gasteiger partial charge in [0.15, 0.2) is 5.69 Å². The third kappa shape index (κ3) is 7.04. The van der Waals surface area contributed by atoms with Crippen LogP contribution < -0.4 is 9.80 Å². The highest BCUT2D eigenvalue weighted by Gasteiger charge is 2.40. The number of carbonyl (C=O) groups excluding carboxylic acids is 1. The zero-order chi connectivity index (χ0) is 32.5. The lowest BCUT2D eigenvalue weighted by Crippen LogP contribution is -2.38. The van der Waals surface area contributed by atoms with Crippen LogP contribution in [0.2, 0.25) is 0 Å². The SMILES string of the molecule is CCOC(=O)c1coc(N2CC(N(Cc3cc(C(F)(F)F)cc(C(F)(F)F)c3)c3ncc(-c4cnn(C)c4)cn3)CC2CC)n1. The molecule has 10 nitrogen and oxygen atoms in total. The predicted octanol–water partition coefficient (Wildman–Crippen LogP) is 6.14. The molecule has 2 unspecified atom stereocenters. The first-order valence-corrected chi connectivity index (χ1v) is 14.0. The van der Waals surface area contributed by atoms with Gasteiger partial charge in [0.25, 0.3) is 6.01 Å². The van der Waals surface area contributed by atoms with E-state index in [1.54, 1.807) is 40.8 Å². The van der Waals surface area contributed by atoms with Gasteiger partial charge in [-0.05, 0) is 43.5 Å². The molecule has 0 aliphatic carbocycles. The smallest absolute Gasteiger partial charge is 0.416 e. The highest BCUT2D eigenvalue weighted by atomic mass is 19.4. The molecule has 240 valence electrons. The van der Waals surface area contributed by atoms with Crippen molar-refractivity contribution in [1.29, 1.82) is 0 Å². The van der Waals surface area contributed by atoms with Gasteiger partial charge in [-0.25, -0.2) is 14.8 Å². The number of halogens is 6. The summed E-state index contributed by atoms with van der Waals surface area (Å²) in [5.74, 6) is -0.556. The highest BCUT2D eigenvalue weighted by molar-refractivity contribution is 5.87. The second-order valence-corrected chi connectivity index (χ2v) is 10.6. The van der Waals surface area contributed by atoms with Crippen molar-refractivity contribution in [3.05, 3.63) is 71.6 Å². The van der Waals surface area contributed by atoms with Crippen LogP contribution in [-0.4, -0.2) is 55.9 Å². The minimum absolute atomic E-state index is 0.0278. The molecule has 0 bridgehead atoms. The molecule has 1 saturated heterocycles. The normalized spacial score (nSPS) is 17.1. The Morgan fingerprint density at radius 3 is 2.24 bits per heavy atom. The van der Waals surface area contributed by atoms with Gasteiger partial charge in [0.05, 0.1) is 30.0 Å². The van der Waals surface area contributed by atoms with E-state index in [-0.39, 0.29) is 55.0 Å². The molecule has 0 radical (unpaired) electrons. The molecule has 5 rings (SSSR count). The van der Waals surface area contributed by atoms with E-state index in [2.05, 4.69) is 20.1 Å². The van der Waals surface area contributed by atoms with Crippen LogP contribution in [0.15, 0.2) is 53.7 Å². The molecular formula is C29H29F6N7O3. The molecule has 0 amide bonds. The number of anilines is 2. The lowest BCUT2D eigenvalue weighted by molar-refractivity contribution is -0.143. The van der Waals surface area contributed by atoms with Crippen molar-refractivity contribution in [3.63, 3.8) is 0 Å². The quantitative estimate of drug-likeness (QED) is 0.158. The Balaban J connectivity index is 1.52. The fourth-order valence-corrected chi connectivity index (χ4v) is 5.29. The van der Waals surface area contributed by atoms with E-state index in [0.717, 1.165) is 5.56 Å². The van der Waals surface area contributed by atoms with Gasteiger partial charge >= 0.3 is 18.3 Å². The van der Waals surface area contributed by atoms with Crippen LogP contribution in [0.1, 0.15) is 53.9 Å². The molecule has 0 N–H and O–H groups in total. The summed E-state index contributed by atoms with van der Waals surface area (Å²) in [4.78, 5) is 28.7. The number of ether oxygens (including phenoxy) is 1. The van der Waals surface area contributed by atoms with Crippen LogP contribution in [0.4, 0.5) is 38.3 Å². The number of nitrogens with zero attached hydrogens (tertiary/aromatic N) is 7. The summed E-state index contributed by atoms with van der Waals surface area (Å²) in [5, 5.41) is 4.12. The molecule has 1 aromatic carbocycles. The molecular weight excluding hydrogens is 608 g/mol. The standard InChI is InChI=1S/C29H29F6N7O3/c1-4-22-9-23(15-42(22)27-39-24(16-45-27)25(43)44-5-2)41(26-36-10-18(11-37-26)19-12-38-40(3)14-19)13-17-6-20(28(30,31)32)8-21(7-17)29(33,34)35/h6-8,10-12,14,16,22-23H,4-5,9,13,15H2,1-3H3. The van der Waals surface area contributed by atoms with Crippen molar-refractivity contribution in [2.75, 3.05) is 23.0 Å². The van der Waals surface area contributed by atoms with Gasteiger partial charge in [-0.15, -0.1) is 0 Å². The third-order valence-electron chi connectivity index (χ3n) is 7.46. The second-order valence-electron chi connectivity index (χ2n) is 10.6. The van der Waals surface area contributed by atoms with E-state index in [9.17, 15) is 31.1 Å². The van der Waals surface area contributed by atoms with Gasteiger partial charge in [-0.3, -0.25) is 4.68 Å². The number of rotatable bonds is 9. The van der Waals surface area contributed by atoms with Crippen LogP contribution in [0.5, 0.6) is 0 Å². The average molecular weight is 638 g/mol. The van der Waals surface area contributed by atoms with Crippen LogP contribution in [-0.2, 0) is 30.7 Å². The maximum absolute atomic E-state index is 13.7. The van der Waals surface area contributed by atoms with Crippen molar-refractivity contribution in [2.45, 2.75) is 57.7 Å². The first kappa shape index (κ1) is 31.8. The third-order valence-corrected chi connectivity index (χ3v) is 7.46. The van der Waals surface area contributed by atoms with Gasteiger partial charge in [0.2, 0.25) is 5.95 Å². The summed E-state index contributed by atoms with van der Waals surface area (Å²) in [6.07, 6.45) is -1.41. The monoisotopic (exact) mass is 637 g/mol. The molecule has 45 heavy (non-hydrogen) atoms. The number of alkyl halides is 6. The predicted molar refractivity (Wildman–Crippen MR) is 149 cm³/mol. The summed E-state index contributed by atoms with van der Waals surface area (Å²) in [6.45, 7) is 3.57. The van der Waals surface area contributed by atoms with Gasteiger partial charge in [0, 0.05) is 55.9 Å². The van der Waals surface area contributed by atoms with Crippen molar-refractivity contribution in [1.82, 2.24) is 24.7 Å². The van der Waals surface area contributed by atoms with E-state index in [1.165, 1.54) is 18.7 Å². The minimum Gasteiger partial charge on any atom is -0.461 e. The van der Waals surface area contributed by atoms with Gasteiger partial charge in [0.1, 0.15) is 6.26 Å². The highest BCUT2D eigenvalue weighted by Crippen LogP contribution is 2.38. The molecule has 3 aromatic heterocycles. The molecule has 16 heteroatoms. The fourth-order valence-electron chi connectivity index (χ4n) is 5.29. The zero-order valence-electron chi connectivity index (χ0n) is 24.4. The molecule has 1 fully saturated rings. The molecule has 2 atom stereocenters. The largest absolute Gasteiger partial charge is 0.461 e. The van der Waals surface area contributed by atoms with Gasteiger partial charge in [-0.1, -0.05) is 6.92 Å². The number of benzene rings is 1. The summed E-state index contributed by atoms with van der Waals surface area (Å²) in [6, 6.07) is 0.973. The molecule has 4 aromatic rings. The zero-order valence-corrected chi connectivity index (χ0v) is 24.4. The number of aryl methyl sites for hydroxylation is 1. The van der Waals surface area contributed by atoms with Crippen molar-refractivity contribution < 1.29 is 40.3 Å². The molecule has 1 aliphatic rings. The lowest BCUT2D eigenvalue weighted by Gasteiger charge is -2.29. The van der Waals surface area contributed by atoms with Crippen molar-refractivity contribution in [2.24, 2.45) is 7.05 Å².